The van der Waals surface area contributed by atoms with Crippen molar-refractivity contribution in [3.63, 3.8) is 0 Å². The predicted molar refractivity (Wildman–Crippen MR) is 75.8 cm³/mol. The van der Waals surface area contributed by atoms with Crippen molar-refractivity contribution in [1.29, 1.82) is 0 Å². The Balaban J connectivity index is 1.92. The first-order chi connectivity index (χ1) is 8.81. The molecule has 2 N–H and O–H groups in total. The van der Waals surface area contributed by atoms with Crippen molar-refractivity contribution in [3.05, 3.63) is 0 Å². The molecular weight excluding hydrogens is 224 g/mol. The molecule has 2 rings (SSSR count). The lowest BCUT2D eigenvalue weighted by Gasteiger charge is -2.35. The molecule has 1 aliphatic carbocycles. The molecule has 0 aromatic heterocycles. The smallest absolute Gasteiger partial charge is 0.0695 e. The molecule has 0 aromatic carbocycles. The maximum absolute atomic E-state index is 10.4. The van der Waals surface area contributed by atoms with Crippen LogP contribution in [0.5, 0.6) is 0 Å². The normalized spacial score (nSPS) is 33.8. The molecule has 3 nitrogen and oxygen atoms in total. The van der Waals surface area contributed by atoms with E-state index in [1.165, 1.54) is 51.5 Å². The van der Waals surface area contributed by atoms with Gasteiger partial charge >= 0.3 is 0 Å². The van der Waals surface area contributed by atoms with Gasteiger partial charge in [-0.05, 0) is 45.2 Å². The Hall–Kier alpha value is -0.120. The van der Waals surface area contributed by atoms with Gasteiger partial charge in [0.2, 0.25) is 0 Å². The molecule has 18 heavy (non-hydrogen) atoms. The number of nitrogens with one attached hydrogen (secondary N) is 1. The molecule has 0 aromatic rings. The second-order valence-corrected chi connectivity index (χ2v) is 6.06. The molecule has 1 saturated heterocycles. The summed E-state index contributed by atoms with van der Waals surface area (Å²) >= 11 is 0. The highest BCUT2D eigenvalue weighted by Crippen LogP contribution is 2.23. The van der Waals surface area contributed by atoms with Crippen LogP contribution in [-0.4, -0.2) is 47.8 Å². The van der Waals surface area contributed by atoms with Crippen LogP contribution in [0.3, 0.4) is 0 Å². The molecule has 1 aliphatic heterocycles. The number of rotatable bonds is 5. The Kier molecular flexibility index (Phi) is 5.93. The number of hydrogen-bond donors (Lipinski definition) is 2. The first-order valence-corrected chi connectivity index (χ1v) is 7.96. The zero-order valence-electron chi connectivity index (χ0n) is 11.9. The number of aliphatic hydroxyl groups excluding tert-OH is 1. The van der Waals surface area contributed by atoms with E-state index in [9.17, 15) is 5.11 Å². The first-order valence-electron chi connectivity index (χ1n) is 7.96. The first kappa shape index (κ1) is 14.3. The standard InChI is InChI=1S/C15H30N2O/c1-2-11-17(12-13-7-6-10-16-13)14-8-4-3-5-9-15(14)18/h13-16,18H,2-12H2,1H3. The number of aliphatic hydroxyl groups is 1. The summed E-state index contributed by atoms with van der Waals surface area (Å²) in [6.07, 6.45) is 9.71. The fourth-order valence-corrected chi connectivity index (χ4v) is 3.57. The van der Waals surface area contributed by atoms with E-state index in [1.807, 2.05) is 0 Å². The van der Waals surface area contributed by atoms with Crippen molar-refractivity contribution in [2.75, 3.05) is 19.6 Å². The summed E-state index contributed by atoms with van der Waals surface area (Å²) in [6.45, 7) is 5.70. The third-order valence-electron chi connectivity index (χ3n) is 4.54. The van der Waals surface area contributed by atoms with Gasteiger partial charge in [-0.2, -0.15) is 0 Å². The lowest BCUT2D eigenvalue weighted by molar-refractivity contribution is 0.0397. The molecule has 0 radical (unpaired) electrons. The average molecular weight is 254 g/mol. The molecule has 2 fully saturated rings. The van der Waals surface area contributed by atoms with E-state index in [-0.39, 0.29) is 6.10 Å². The molecule has 1 saturated carbocycles. The third-order valence-corrected chi connectivity index (χ3v) is 4.54. The van der Waals surface area contributed by atoms with Gasteiger partial charge in [-0.25, -0.2) is 0 Å². The lowest BCUT2D eigenvalue weighted by atomic mass is 10.0. The Labute approximate surface area is 112 Å². The van der Waals surface area contributed by atoms with Crippen LogP contribution < -0.4 is 5.32 Å². The van der Waals surface area contributed by atoms with Gasteiger partial charge in [-0.3, -0.25) is 4.90 Å². The molecule has 0 spiro atoms. The summed E-state index contributed by atoms with van der Waals surface area (Å²) in [6, 6.07) is 1.07. The fraction of sp³-hybridized carbons (Fsp3) is 1.00. The Morgan fingerprint density at radius 2 is 1.94 bits per heavy atom. The van der Waals surface area contributed by atoms with Crippen molar-refractivity contribution >= 4 is 0 Å². The van der Waals surface area contributed by atoms with Crippen molar-refractivity contribution in [3.8, 4) is 0 Å². The molecule has 0 amide bonds. The van der Waals surface area contributed by atoms with Gasteiger partial charge in [0.1, 0.15) is 0 Å². The lowest BCUT2D eigenvalue weighted by Crippen LogP contribution is -2.48. The molecule has 3 atom stereocenters. The van der Waals surface area contributed by atoms with Crippen LogP contribution in [0.1, 0.15) is 58.3 Å². The van der Waals surface area contributed by atoms with Crippen molar-refractivity contribution in [2.45, 2.75) is 76.5 Å². The molecule has 3 unspecified atom stereocenters. The third kappa shape index (κ3) is 3.94. The molecular formula is C15H30N2O. The van der Waals surface area contributed by atoms with E-state index >= 15 is 0 Å². The molecule has 2 aliphatic rings. The van der Waals surface area contributed by atoms with Crippen LogP contribution in [0, 0.1) is 0 Å². The maximum Gasteiger partial charge on any atom is 0.0695 e. The van der Waals surface area contributed by atoms with E-state index in [0.29, 0.717) is 12.1 Å². The number of nitrogens with zero attached hydrogens (tertiary/aromatic N) is 1. The summed E-state index contributed by atoms with van der Waals surface area (Å²) in [5.41, 5.74) is 0. The maximum atomic E-state index is 10.4. The van der Waals surface area contributed by atoms with E-state index in [4.69, 9.17) is 0 Å². The summed E-state index contributed by atoms with van der Waals surface area (Å²) in [7, 11) is 0. The largest absolute Gasteiger partial charge is 0.391 e. The van der Waals surface area contributed by atoms with Crippen LogP contribution in [0.15, 0.2) is 0 Å². The second-order valence-electron chi connectivity index (χ2n) is 6.06. The van der Waals surface area contributed by atoms with Crippen molar-refractivity contribution in [1.82, 2.24) is 10.2 Å². The second kappa shape index (κ2) is 7.46. The van der Waals surface area contributed by atoms with Gasteiger partial charge in [0, 0.05) is 18.6 Å². The summed E-state index contributed by atoms with van der Waals surface area (Å²) in [5.74, 6) is 0. The number of hydrogen-bond acceptors (Lipinski definition) is 3. The zero-order chi connectivity index (χ0) is 12.8. The monoisotopic (exact) mass is 254 g/mol. The van der Waals surface area contributed by atoms with Gasteiger partial charge in [0.15, 0.2) is 0 Å². The molecule has 1 heterocycles. The highest BCUT2D eigenvalue weighted by molar-refractivity contribution is 4.86. The summed E-state index contributed by atoms with van der Waals surface area (Å²) in [4.78, 5) is 2.57. The van der Waals surface area contributed by atoms with Crippen LogP contribution in [-0.2, 0) is 0 Å². The van der Waals surface area contributed by atoms with Crippen LogP contribution in [0.2, 0.25) is 0 Å². The van der Waals surface area contributed by atoms with Gasteiger partial charge in [-0.1, -0.05) is 26.2 Å². The highest BCUT2D eigenvalue weighted by atomic mass is 16.3. The van der Waals surface area contributed by atoms with Crippen LogP contribution >= 0.6 is 0 Å². The van der Waals surface area contributed by atoms with Gasteiger partial charge in [0.25, 0.3) is 0 Å². The van der Waals surface area contributed by atoms with E-state index in [2.05, 4.69) is 17.1 Å². The molecule has 3 heteroatoms. The molecule has 106 valence electrons. The Morgan fingerprint density at radius 3 is 2.67 bits per heavy atom. The van der Waals surface area contributed by atoms with Gasteiger partial charge < -0.3 is 10.4 Å². The van der Waals surface area contributed by atoms with Gasteiger partial charge in [-0.15, -0.1) is 0 Å². The van der Waals surface area contributed by atoms with E-state index in [0.717, 1.165) is 19.5 Å². The van der Waals surface area contributed by atoms with Crippen LogP contribution in [0.4, 0.5) is 0 Å². The van der Waals surface area contributed by atoms with E-state index in [1.54, 1.807) is 0 Å². The van der Waals surface area contributed by atoms with Crippen molar-refractivity contribution < 1.29 is 5.11 Å². The highest BCUT2D eigenvalue weighted by Gasteiger charge is 2.29. The quantitative estimate of drug-likeness (QED) is 0.738. The van der Waals surface area contributed by atoms with Gasteiger partial charge in [0.05, 0.1) is 6.10 Å². The summed E-state index contributed by atoms with van der Waals surface area (Å²) in [5, 5.41) is 13.9. The topological polar surface area (TPSA) is 35.5 Å². The predicted octanol–water partition coefficient (Wildman–Crippen LogP) is 2.14. The molecule has 0 bridgehead atoms. The Morgan fingerprint density at radius 1 is 1.11 bits per heavy atom. The van der Waals surface area contributed by atoms with Crippen molar-refractivity contribution in [2.24, 2.45) is 0 Å². The fourth-order valence-electron chi connectivity index (χ4n) is 3.57. The van der Waals surface area contributed by atoms with E-state index < -0.39 is 0 Å². The SMILES string of the molecule is CCCN(CC1CCCN1)C1CCCCCC1O. The zero-order valence-corrected chi connectivity index (χ0v) is 11.9. The Bertz CT molecular complexity index is 229. The minimum absolute atomic E-state index is 0.0968. The van der Waals surface area contributed by atoms with Crippen LogP contribution in [0.25, 0.3) is 0 Å². The summed E-state index contributed by atoms with van der Waals surface area (Å²) < 4.78 is 0. The minimum Gasteiger partial charge on any atom is -0.391 e. The average Bonchev–Trinajstić information content (AvgIpc) is 2.77. The minimum atomic E-state index is -0.0968.